The molecule has 1 aromatic heterocycles. The van der Waals surface area contributed by atoms with Crippen LogP contribution in [0.2, 0.25) is 0 Å². The molecule has 4 aliphatic rings. The Labute approximate surface area is 315 Å². The quantitative estimate of drug-likeness (QED) is 0.266. The maximum atomic E-state index is 16.0. The first-order valence-electron chi connectivity index (χ1n) is 18.4. The Kier molecular flexibility index (Phi) is 10.1. The molecule has 0 spiro atoms. The molecule has 2 aromatic carbocycles. The predicted molar refractivity (Wildman–Crippen MR) is 198 cm³/mol. The highest BCUT2D eigenvalue weighted by Crippen LogP contribution is 2.53. The molecule has 3 saturated carbocycles. The van der Waals surface area contributed by atoms with Crippen molar-refractivity contribution in [1.29, 1.82) is 0 Å². The van der Waals surface area contributed by atoms with Crippen LogP contribution in [0.15, 0.2) is 45.8 Å². The molecule has 3 amide bonds. The largest absolute Gasteiger partial charge is 0.491 e. The SMILES string of the molecule is CC(C)Oc1ccc(CN2C(=O)[C@@H](NC(=O)OC(C)(C)C)CS(=O)(=O)c3cc(F)c(C(=O)NC45CCC(c6nc(C(C)(C)C)no6)(CC4)CC5)cc32)cc1. The van der Waals surface area contributed by atoms with E-state index < -0.39 is 67.0 Å². The van der Waals surface area contributed by atoms with Crippen molar-refractivity contribution >= 4 is 33.4 Å². The number of amides is 3. The molecule has 2 bridgehead atoms. The van der Waals surface area contributed by atoms with Gasteiger partial charge in [0, 0.05) is 16.4 Å². The predicted octanol–water partition coefficient (Wildman–Crippen LogP) is 6.28. The Morgan fingerprint density at radius 2 is 1.65 bits per heavy atom. The molecule has 2 N–H and O–H groups in total. The van der Waals surface area contributed by atoms with Gasteiger partial charge in [0.05, 0.1) is 34.5 Å². The second-order valence-corrected chi connectivity index (χ2v) is 19.2. The average Bonchev–Trinajstić information content (AvgIpc) is 3.57. The van der Waals surface area contributed by atoms with Crippen molar-refractivity contribution in [3.63, 3.8) is 0 Å². The number of hydrogen-bond acceptors (Lipinski definition) is 10. The summed E-state index contributed by atoms with van der Waals surface area (Å²) >= 11 is 0. The zero-order valence-corrected chi connectivity index (χ0v) is 33.0. The van der Waals surface area contributed by atoms with Crippen molar-refractivity contribution in [2.45, 2.75) is 139 Å². The number of hydrogen-bond donors (Lipinski definition) is 2. The Bertz CT molecular complexity index is 2020. The number of fused-ring (bicyclic) bond motifs is 4. The maximum absolute atomic E-state index is 16.0. The summed E-state index contributed by atoms with van der Waals surface area (Å²) in [5.41, 5.74) is -2.07. The van der Waals surface area contributed by atoms with E-state index in [4.69, 9.17) is 19.0 Å². The summed E-state index contributed by atoms with van der Waals surface area (Å²) in [6.07, 6.45) is 2.83. The van der Waals surface area contributed by atoms with Crippen molar-refractivity contribution in [3.05, 3.63) is 65.1 Å². The molecule has 3 fully saturated rings. The van der Waals surface area contributed by atoms with Gasteiger partial charge in [0.25, 0.3) is 11.8 Å². The van der Waals surface area contributed by atoms with Crippen LogP contribution in [-0.4, -0.2) is 65.5 Å². The summed E-state index contributed by atoms with van der Waals surface area (Å²) in [5.74, 6) is -1.54. The van der Waals surface area contributed by atoms with E-state index in [0.717, 1.165) is 12.1 Å². The summed E-state index contributed by atoms with van der Waals surface area (Å²) in [4.78, 5) is 46.5. The Morgan fingerprint density at radius 3 is 2.20 bits per heavy atom. The van der Waals surface area contributed by atoms with Crippen LogP contribution in [-0.2, 0) is 36.7 Å². The van der Waals surface area contributed by atoms with Crippen LogP contribution in [0.4, 0.5) is 14.9 Å². The van der Waals surface area contributed by atoms with Crippen LogP contribution in [0.5, 0.6) is 5.75 Å². The Balaban J connectivity index is 1.30. The van der Waals surface area contributed by atoms with Gasteiger partial charge in [-0.25, -0.2) is 17.6 Å². The number of rotatable bonds is 8. The standard InChI is InChI=1S/C39H50FN5O8S/c1-23(2)51-25-11-9-24(10-12-25)21-45-29-19-26(27(40)20-30(29)54(49,50)22-28(32(45)47)41-35(48)52-37(6,7)8)31(46)43-39-16-13-38(14-17-39,15-18-39)34-42-33(44-53-34)36(3,4)5/h9-12,19-20,23,28H,13-18,21-22H2,1-8H3,(H,41,48)(H,43,46)/t28-,38?,39?/m0/s1. The third-order valence-electron chi connectivity index (χ3n) is 10.4. The van der Waals surface area contributed by atoms with E-state index in [2.05, 4.69) is 15.8 Å². The smallest absolute Gasteiger partial charge is 0.408 e. The number of carbonyl (C=O) groups is 3. The Morgan fingerprint density at radius 1 is 1.02 bits per heavy atom. The molecular weight excluding hydrogens is 718 g/mol. The summed E-state index contributed by atoms with van der Waals surface area (Å²) in [6.45, 7) is 14.6. The minimum absolute atomic E-state index is 0.0736. The van der Waals surface area contributed by atoms with Gasteiger partial charge in [0.15, 0.2) is 15.7 Å². The third-order valence-corrected chi connectivity index (χ3v) is 12.1. The summed E-state index contributed by atoms with van der Waals surface area (Å²) < 4.78 is 60.5. The van der Waals surface area contributed by atoms with Crippen molar-refractivity contribution in [2.24, 2.45) is 0 Å². The van der Waals surface area contributed by atoms with Crippen LogP contribution in [0.1, 0.15) is 122 Å². The van der Waals surface area contributed by atoms with Crippen molar-refractivity contribution < 1.29 is 41.2 Å². The molecule has 292 valence electrons. The number of halogens is 1. The highest BCUT2D eigenvalue weighted by molar-refractivity contribution is 7.91. The molecule has 1 aliphatic heterocycles. The fourth-order valence-electron chi connectivity index (χ4n) is 7.46. The molecule has 7 rings (SSSR count). The zero-order chi connectivity index (χ0) is 39.4. The second kappa shape index (κ2) is 14.0. The van der Waals surface area contributed by atoms with Gasteiger partial charge < -0.3 is 29.5 Å². The van der Waals surface area contributed by atoms with Crippen LogP contribution in [0, 0.1) is 5.82 Å². The van der Waals surface area contributed by atoms with Gasteiger partial charge in [0.2, 0.25) is 5.89 Å². The maximum Gasteiger partial charge on any atom is 0.408 e. The molecule has 3 aliphatic carbocycles. The van der Waals surface area contributed by atoms with Gasteiger partial charge >= 0.3 is 6.09 Å². The van der Waals surface area contributed by atoms with Gasteiger partial charge in [-0.2, -0.15) is 4.98 Å². The van der Waals surface area contributed by atoms with E-state index in [9.17, 15) is 22.8 Å². The number of nitrogens with zero attached hydrogens (tertiary/aromatic N) is 3. The van der Waals surface area contributed by atoms with Crippen molar-refractivity contribution in [3.8, 4) is 5.75 Å². The molecule has 0 radical (unpaired) electrons. The minimum Gasteiger partial charge on any atom is -0.491 e. The van der Waals surface area contributed by atoms with Crippen LogP contribution in [0.25, 0.3) is 0 Å². The number of sulfone groups is 1. The van der Waals surface area contributed by atoms with E-state index in [-0.39, 0.29) is 29.2 Å². The van der Waals surface area contributed by atoms with E-state index in [1.807, 2.05) is 34.6 Å². The summed E-state index contributed by atoms with van der Waals surface area (Å²) in [6, 6.07) is 7.24. The molecule has 15 heteroatoms. The monoisotopic (exact) mass is 767 g/mol. The van der Waals surface area contributed by atoms with E-state index in [0.29, 0.717) is 61.6 Å². The lowest BCUT2D eigenvalue weighted by Crippen LogP contribution is -2.58. The molecular formula is C39H50FN5O8S. The molecule has 0 unspecified atom stereocenters. The number of alkyl carbamates (subject to hydrolysis) is 1. The Hall–Kier alpha value is -4.53. The molecule has 54 heavy (non-hydrogen) atoms. The van der Waals surface area contributed by atoms with Gasteiger partial charge in [0.1, 0.15) is 23.2 Å². The summed E-state index contributed by atoms with van der Waals surface area (Å²) in [5, 5.41) is 9.72. The summed E-state index contributed by atoms with van der Waals surface area (Å²) in [7, 11) is -4.38. The lowest BCUT2D eigenvalue weighted by Gasteiger charge is -2.52. The average molecular weight is 768 g/mol. The minimum atomic E-state index is -4.38. The molecule has 3 aromatic rings. The first-order chi connectivity index (χ1) is 25.1. The number of aromatic nitrogens is 2. The highest BCUT2D eigenvalue weighted by atomic mass is 32.2. The lowest BCUT2D eigenvalue weighted by molar-refractivity contribution is -0.120. The van der Waals surface area contributed by atoms with Crippen LogP contribution in [0.3, 0.4) is 0 Å². The fourth-order valence-corrected chi connectivity index (χ4v) is 9.07. The fraction of sp³-hybridized carbons (Fsp3) is 0.564. The number of benzene rings is 2. The van der Waals surface area contributed by atoms with E-state index in [1.54, 1.807) is 45.0 Å². The van der Waals surface area contributed by atoms with Gasteiger partial charge in [-0.15, -0.1) is 0 Å². The van der Waals surface area contributed by atoms with Crippen LogP contribution < -0.4 is 20.3 Å². The second-order valence-electron chi connectivity index (χ2n) is 17.2. The van der Waals surface area contributed by atoms with E-state index in [1.165, 1.54) is 4.90 Å². The van der Waals surface area contributed by atoms with Gasteiger partial charge in [-0.3, -0.25) is 9.59 Å². The molecule has 0 saturated heterocycles. The van der Waals surface area contributed by atoms with E-state index >= 15 is 4.39 Å². The van der Waals surface area contributed by atoms with Gasteiger partial charge in [-0.1, -0.05) is 38.1 Å². The van der Waals surface area contributed by atoms with Crippen molar-refractivity contribution in [2.75, 3.05) is 10.7 Å². The van der Waals surface area contributed by atoms with Crippen LogP contribution >= 0.6 is 0 Å². The topological polar surface area (TPSA) is 170 Å². The molecule has 1 atom stereocenters. The first-order valence-corrected chi connectivity index (χ1v) is 20.0. The first kappa shape index (κ1) is 39.2. The van der Waals surface area contributed by atoms with Gasteiger partial charge in [-0.05, 0) is 103 Å². The third kappa shape index (κ3) is 8.10. The zero-order valence-electron chi connectivity index (χ0n) is 32.2. The number of carbonyl (C=O) groups excluding carboxylic acids is 3. The lowest BCUT2D eigenvalue weighted by atomic mass is 9.57. The molecule has 13 nitrogen and oxygen atoms in total. The number of anilines is 1. The molecule has 2 heterocycles. The number of ether oxygens (including phenoxy) is 2. The van der Waals surface area contributed by atoms with Crippen molar-refractivity contribution in [1.82, 2.24) is 20.8 Å². The number of nitrogens with one attached hydrogen (secondary N) is 2. The normalized spacial score (nSPS) is 23.8. The highest BCUT2D eigenvalue weighted by Gasteiger charge is 2.53.